The first-order valence-electron chi connectivity index (χ1n) is 18.8. The third kappa shape index (κ3) is 14.3. The lowest BCUT2D eigenvalue weighted by atomic mass is 10.0. The quantitative estimate of drug-likeness (QED) is 0.0304. The second-order valence-corrected chi connectivity index (χ2v) is 15.5. The van der Waals surface area contributed by atoms with Gasteiger partial charge in [0, 0.05) is 56.5 Å². The summed E-state index contributed by atoms with van der Waals surface area (Å²) >= 11 is 3.24. The molecule has 19 heteroatoms. The summed E-state index contributed by atoms with van der Waals surface area (Å²) in [5.74, 6) is -1.15. The van der Waals surface area contributed by atoms with Crippen molar-refractivity contribution in [1.82, 2.24) is 29.6 Å². The maximum absolute atomic E-state index is 14.6. The second-order valence-electron chi connectivity index (χ2n) is 13.2. The number of ether oxygens (including phenoxy) is 1. The van der Waals surface area contributed by atoms with Crippen molar-refractivity contribution in [1.29, 1.82) is 0 Å². The largest absolute Gasteiger partial charge is 0.487 e. The van der Waals surface area contributed by atoms with Crippen molar-refractivity contribution in [2.45, 2.75) is 51.9 Å². The number of rotatable bonds is 17. The van der Waals surface area contributed by atoms with E-state index in [1.165, 1.54) is 28.9 Å². The van der Waals surface area contributed by atoms with Crippen molar-refractivity contribution >= 4 is 63.9 Å². The van der Waals surface area contributed by atoms with Gasteiger partial charge in [0.15, 0.2) is 11.6 Å². The summed E-state index contributed by atoms with van der Waals surface area (Å²) in [4.78, 5) is 75.7. The number of aromatic nitrogens is 5. The Labute approximate surface area is 368 Å². The van der Waals surface area contributed by atoms with Gasteiger partial charge in [0.1, 0.15) is 59.7 Å². The van der Waals surface area contributed by atoms with Gasteiger partial charge in [-0.3, -0.25) is 32.9 Å². The number of allylic oxidation sites excluding steroid dienone is 1. The Bertz CT molecular complexity index is 2890. The molecule has 4 heterocycles. The number of carbonyl (C=O) groups is 4. The monoisotopic (exact) mass is 935 g/mol. The third-order valence-corrected chi connectivity index (χ3v) is 10.1. The van der Waals surface area contributed by atoms with Gasteiger partial charge in [-0.05, 0) is 104 Å². The van der Waals surface area contributed by atoms with Gasteiger partial charge in [0.25, 0.3) is 0 Å². The van der Waals surface area contributed by atoms with Gasteiger partial charge in [-0.2, -0.15) is 5.10 Å². The number of anilines is 1. The predicted molar refractivity (Wildman–Crippen MR) is 227 cm³/mol. The molecule has 1 aliphatic heterocycles. The first-order valence-corrected chi connectivity index (χ1v) is 21.1. The summed E-state index contributed by atoms with van der Waals surface area (Å²) in [6.45, 7) is 4.45. The van der Waals surface area contributed by atoms with Crippen LogP contribution in [0, 0.1) is 0 Å². The Kier molecular flexibility index (Phi) is 17.0. The summed E-state index contributed by atoms with van der Waals surface area (Å²) in [7, 11) is -4.56. The highest BCUT2D eigenvalue weighted by Crippen LogP contribution is 2.43. The number of amides is 2. The molecule has 1 unspecified atom stereocenters. The Morgan fingerprint density at radius 3 is 2.40 bits per heavy atom. The van der Waals surface area contributed by atoms with Crippen LogP contribution in [-0.2, 0) is 45.7 Å². The molecule has 320 valence electrons. The maximum Gasteiger partial charge on any atom is 0.472 e. The number of nitrogens with zero attached hydrogens (tertiary/aromatic N) is 6. The number of hydrogen-bond donors (Lipinski definition) is 2. The fourth-order valence-electron chi connectivity index (χ4n) is 5.84. The van der Waals surface area contributed by atoms with Crippen LogP contribution in [0.1, 0.15) is 43.0 Å². The van der Waals surface area contributed by atoms with E-state index in [2.05, 4.69) is 105 Å². The summed E-state index contributed by atoms with van der Waals surface area (Å²) < 4.78 is 43.7. The van der Waals surface area contributed by atoms with Crippen molar-refractivity contribution in [3.8, 4) is 11.1 Å². The summed E-state index contributed by atoms with van der Waals surface area (Å²) in [6.07, 6.45) is 1.49. The van der Waals surface area contributed by atoms with E-state index < -0.39 is 44.2 Å². The minimum absolute atomic E-state index is 0.0920. The van der Waals surface area contributed by atoms with E-state index in [1.54, 1.807) is 43.3 Å². The van der Waals surface area contributed by atoms with E-state index in [1.807, 2.05) is 0 Å². The number of fused-ring (bicyclic) bond motifs is 1. The number of aryl methyl sites for hydroxylation is 1. The lowest BCUT2D eigenvalue weighted by Gasteiger charge is -2.23. The molecule has 1 aromatic carbocycles. The van der Waals surface area contributed by atoms with Crippen LogP contribution < -0.4 is 5.32 Å². The molecule has 1 fully saturated rings. The van der Waals surface area contributed by atoms with E-state index in [-0.39, 0.29) is 68.6 Å². The highest BCUT2D eigenvalue weighted by Gasteiger charge is 2.40. The van der Waals surface area contributed by atoms with Gasteiger partial charge in [0.2, 0.25) is 11.8 Å². The number of Topliss-reactive ketones (excluding diaryl/α,β-unsaturated/α-hetero) is 2. The lowest BCUT2D eigenvalue weighted by Crippen LogP contribution is -2.44. The Morgan fingerprint density at radius 1 is 0.984 bits per heavy atom. The highest BCUT2D eigenvalue weighted by molar-refractivity contribution is 9.10. The van der Waals surface area contributed by atoms with Crippen LogP contribution in [-0.4, -0.2) is 96.5 Å². The standard InChI is InChI=1S/C44H36BrFN7O9P/c1-4-5-6-7-8-9-10-11-12-14-30(2)60-21-22-61-63(58,59)62-29-35(55)18-20-40-47-25-33(26-48-40)32-17-19-37-36(23-32)43(31(3)54)51-53(37)28-42(56)52-27-34(46)24-38(52)44(57)50-41-16-13-15-39(45)49-41/h13,15-17,19,23,25-26,34,38H,1,18,20-22,24,27-29H2,2-3H3,(H,58,59)(H,49,50,57)/t34-,38+/m1/s1. The van der Waals surface area contributed by atoms with E-state index in [9.17, 15) is 33.0 Å². The molecule has 2 amide bonds. The van der Waals surface area contributed by atoms with Crippen LogP contribution in [0.4, 0.5) is 10.2 Å². The van der Waals surface area contributed by atoms with Crippen LogP contribution in [0.2, 0.25) is 0 Å². The van der Waals surface area contributed by atoms with E-state index in [4.69, 9.17) is 13.8 Å². The second kappa shape index (κ2) is 22.8. The Hall–Kier alpha value is -6.94. The first kappa shape index (κ1) is 47.1. The number of ketones is 2. The Balaban J connectivity index is 1.13. The number of pyridine rings is 1. The number of phosphoric ester groups is 1. The van der Waals surface area contributed by atoms with Crippen molar-refractivity contribution in [2.75, 3.05) is 31.7 Å². The maximum atomic E-state index is 14.6. The number of halogens is 2. The van der Waals surface area contributed by atoms with Crippen LogP contribution in [0.3, 0.4) is 0 Å². The molecule has 3 atom stereocenters. The average Bonchev–Trinajstić information content (AvgIpc) is 3.83. The first-order chi connectivity index (χ1) is 30.2. The minimum Gasteiger partial charge on any atom is -0.487 e. The van der Waals surface area contributed by atoms with Gasteiger partial charge < -0.3 is 19.8 Å². The van der Waals surface area contributed by atoms with Crippen LogP contribution >= 0.6 is 23.8 Å². The Morgan fingerprint density at radius 2 is 1.70 bits per heavy atom. The zero-order chi connectivity index (χ0) is 45.4. The number of carbonyl (C=O) groups excluding carboxylic acids is 4. The molecule has 0 saturated carbocycles. The van der Waals surface area contributed by atoms with Gasteiger partial charge >= 0.3 is 7.82 Å². The average molecular weight is 937 g/mol. The van der Waals surface area contributed by atoms with Crippen LogP contribution in [0.25, 0.3) is 22.0 Å². The number of likely N-dealkylation sites (tertiary alicyclic amines) is 1. The number of benzene rings is 1. The summed E-state index contributed by atoms with van der Waals surface area (Å²) in [6, 6.07) is 8.97. The summed E-state index contributed by atoms with van der Waals surface area (Å²) in [5.41, 5.74) is 26.6. The molecule has 0 aliphatic carbocycles. The third-order valence-electron chi connectivity index (χ3n) is 8.68. The zero-order valence-electron chi connectivity index (χ0n) is 33.7. The van der Waals surface area contributed by atoms with Gasteiger partial charge in [-0.1, -0.05) is 17.9 Å². The molecule has 3 aromatic heterocycles. The normalized spacial score (nSPS) is 14.7. The molecule has 1 saturated heterocycles. The predicted octanol–water partition coefficient (Wildman–Crippen LogP) is 6.17. The molecule has 1 aliphatic rings. The van der Waals surface area contributed by atoms with Crippen molar-refractivity contribution in [2.24, 2.45) is 0 Å². The van der Waals surface area contributed by atoms with Crippen LogP contribution in [0.15, 0.2) is 123 Å². The molecule has 16 nitrogen and oxygen atoms in total. The van der Waals surface area contributed by atoms with E-state index >= 15 is 0 Å². The smallest absolute Gasteiger partial charge is 0.472 e. The number of phosphoric acid groups is 1. The van der Waals surface area contributed by atoms with E-state index in [0.29, 0.717) is 32.5 Å². The molecule has 0 bridgehead atoms. The molecule has 0 radical (unpaired) electrons. The summed E-state index contributed by atoms with van der Waals surface area (Å²) in [5, 5.41) is 7.49. The number of hydrogen-bond acceptors (Lipinski definition) is 12. The van der Waals surface area contributed by atoms with Gasteiger partial charge in [0.05, 0.1) is 18.7 Å². The lowest BCUT2D eigenvalue weighted by molar-refractivity contribution is -0.137. The van der Waals surface area contributed by atoms with Crippen LogP contribution in [0.5, 0.6) is 0 Å². The fraction of sp³-hybridized carbons (Fsp3) is 0.273. The molecule has 5 rings (SSSR count). The number of nitrogens with one attached hydrogen (secondary N) is 1. The number of alkyl halides is 1. The highest BCUT2D eigenvalue weighted by atomic mass is 79.9. The van der Waals surface area contributed by atoms with Gasteiger partial charge in [-0.15, -0.1) is 0 Å². The van der Waals surface area contributed by atoms with Crippen molar-refractivity contribution in [3.63, 3.8) is 0 Å². The molecule has 0 spiro atoms. The topological polar surface area (TPSA) is 205 Å². The fourth-order valence-corrected chi connectivity index (χ4v) is 6.87. The zero-order valence-corrected chi connectivity index (χ0v) is 36.2. The van der Waals surface area contributed by atoms with Gasteiger partial charge in [-0.25, -0.2) is 23.9 Å². The molecule has 4 aromatic rings. The molecular weight excluding hydrogens is 900 g/mol. The van der Waals surface area contributed by atoms with Crippen molar-refractivity contribution in [3.05, 3.63) is 135 Å². The molecular formula is C44H36BrFN7O9P. The van der Waals surface area contributed by atoms with E-state index in [0.717, 1.165) is 0 Å². The van der Waals surface area contributed by atoms with Crippen molar-refractivity contribution < 1.29 is 46.8 Å². The SMILES string of the molecule is C=C=C=C=C=C=C=C=C=C=C=C(C)OCCOP(=O)(O)OCC(=O)CCc1ncc(-c2ccc3c(c2)c(C(C)=O)nn3CC(=O)N2C[C@H](F)C[C@H]2C(=O)Nc2cccc(Br)n2)cn1. The minimum atomic E-state index is -4.56. The molecule has 63 heavy (non-hydrogen) atoms. The molecule has 2 N–H and O–H groups in total.